The lowest BCUT2D eigenvalue weighted by Gasteiger charge is -2.38. The van der Waals surface area contributed by atoms with Gasteiger partial charge in [-0.05, 0) is 61.2 Å². The van der Waals surface area contributed by atoms with Gasteiger partial charge in [-0.2, -0.15) is 5.10 Å². The number of amides is 3. The van der Waals surface area contributed by atoms with E-state index in [-0.39, 0.29) is 43.3 Å². The number of likely N-dealkylation sites (N-methyl/N-ethyl adjacent to an activating group) is 1. The van der Waals surface area contributed by atoms with Crippen molar-refractivity contribution in [1.29, 1.82) is 0 Å². The van der Waals surface area contributed by atoms with E-state index in [9.17, 15) is 14.4 Å². The smallest absolute Gasteiger partial charge is 0.274 e. The normalized spacial score (nSPS) is 20.0. The Morgan fingerprint density at radius 1 is 1.05 bits per heavy atom. The molecule has 0 saturated carbocycles. The highest BCUT2D eigenvalue weighted by molar-refractivity contribution is 5.92. The monoisotopic (exact) mass is 559 g/mol. The molecule has 2 aliphatic heterocycles. The number of hydrogen-bond donors (Lipinski definition) is 2. The van der Waals surface area contributed by atoms with Gasteiger partial charge in [0.25, 0.3) is 5.91 Å². The number of nitrogens with zero attached hydrogens (tertiary/aromatic N) is 3. The summed E-state index contributed by atoms with van der Waals surface area (Å²) in [5.41, 5.74) is 3.02. The number of carbonyl (C=O) groups is 3. The molecule has 10 nitrogen and oxygen atoms in total. The number of fused-ring (bicyclic) bond motifs is 5. The van der Waals surface area contributed by atoms with E-state index in [1.807, 2.05) is 55.5 Å². The molecule has 3 aromatic rings. The van der Waals surface area contributed by atoms with Gasteiger partial charge in [0, 0.05) is 25.3 Å². The van der Waals surface area contributed by atoms with Crippen LogP contribution in [0, 0.1) is 0 Å². The highest BCUT2D eigenvalue weighted by atomic mass is 16.5. The fraction of sp³-hybridized carbons (Fsp3) is 0.419. The Labute approximate surface area is 240 Å². The Morgan fingerprint density at radius 2 is 1.80 bits per heavy atom. The molecular formula is C31H37N5O5. The maximum Gasteiger partial charge on any atom is 0.274 e. The molecule has 4 bridgehead atoms. The van der Waals surface area contributed by atoms with E-state index < -0.39 is 6.04 Å². The van der Waals surface area contributed by atoms with Gasteiger partial charge in [0.1, 0.15) is 17.2 Å². The van der Waals surface area contributed by atoms with Gasteiger partial charge in [0.2, 0.25) is 11.8 Å². The van der Waals surface area contributed by atoms with Crippen molar-refractivity contribution in [1.82, 2.24) is 25.3 Å². The number of aromatic nitrogens is 2. The van der Waals surface area contributed by atoms with E-state index in [0.29, 0.717) is 43.3 Å². The zero-order valence-corrected chi connectivity index (χ0v) is 23.6. The number of ether oxygens (including phenoxy) is 2. The van der Waals surface area contributed by atoms with E-state index in [2.05, 4.69) is 22.4 Å². The Bertz CT molecular complexity index is 1390. The third-order valence-electron chi connectivity index (χ3n) is 7.47. The van der Waals surface area contributed by atoms with Crippen molar-refractivity contribution in [3.05, 3.63) is 77.1 Å². The molecule has 0 radical (unpaired) electrons. The van der Waals surface area contributed by atoms with Gasteiger partial charge in [-0.25, -0.2) is 0 Å². The minimum atomic E-state index is -0.451. The van der Waals surface area contributed by atoms with E-state index in [1.54, 1.807) is 11.0 Å². The summed E-state index contributed by atoms with van der Waals surface area (Å²) in [5.74, 6) is 0.675. The number of H-pyrrole nitrogens is 1. The molecule has 3 amide bonds. The third kappa shape index (κ3) is 7.13. The highest BCUT2D eigenvalue weighted by Crippen LogP contribution is 2.25. The number of likely N-dealkylation sites (tertiary alicyclic amines) is 1. The molecule has 1 aromatic heterocycles. The number of piperidine rings is 1. The molecule has 3 heterocycles. The van der Waals surface area contributed by atoms with Crippen molar-refractivity contribution in [2.24, 2.45) is 0 Å². The van der Waals surface area contributed by atoms with Crippen LogP contribution in [0.15, 0.2) is 54.6 Å². The summed E-state index contributed by atoms with van der Waals surface area (Å²) >= 11 is 0. The van der Waals surface area contributed by atoms with Crippen LogP contribution < -0.4 is 10.1 Å². The van der Waals surface area contributed by atoms with Crippen molar-refractivity contribution in [3.63, 3.8) is 0 Å². The molecule has 5 rings (SSSR count). The molecule has 0 spiro atoms. The number of nitrogens with one attached hydrogen (secondary N) is 2. The minimum Gasteiger partial charge on any atom is -0.457 e. The summed E-state index contributed by atoms with van der Waals surface area (Å²) in [4.78, 5) is 42.9. The van der Waals surface area contributed by atoms with Crippen LogP contribution in [0.4, 0.5) is 0 Å². The average molecular weight is 560 g/mol. The fourth-order valence-corrected chi connectivity index (χ4v) is 5.33. The first kappa shape index (κ1) is 28.4. The predicted molar refractivity (Wildman–Crippen MR) is 153 cm³/mol. The van der Waals surface area contributed by atoms with Gasteiger partial charge in [-0.15, -0.1) is 0 Å². The fourth-order valence-electron chi connectivity index (χ4n) is 5.33. The van der Waals surface area contributed by atoms with Gasteiger partial charge in [0.05, 0.1) is 31.7 Å². The van der Waals surface area contributed by atoms with Gasteiger partial charge in [-0.1, -0.05) is 37.6 Å². The van der Waals surface area contributed by atoms with E-state index in [0.717, 1.165) is 29.7 Å². The molecule has 216 valence electrons. The highest BCUT2D eigenvalue weighted by Gasteiger charge is 2.35. The summed E-state index contributed by atoms with van der Waals surface area (Å²) in [7, 11) is 0. The quantitative estimate of drug-likeness (QED) is 0.506. The molecule has 2 atom stereocenters. The molecule has 2 N–H and O–H groups in total. The summed E-state index contributed by atoms with van der Waals surface area (Å²) in [6.07, 6.45) is 2.14. The van der Waals surface area contributed by atoms with Crippen LogP contribution in [0.3, 0.4) is 0 Å². The first-order chi connectivity index (χ1) is 19.9. The van der Waals surface area contributed by atoms with Crippen LogP contribution in [0.2, 0.25) is 0 Å². The lowest BCUT2D eigenvalue weighted by atomic mass is 10.0. The summed E-state index contributed by atoms with van der Waals surface area (Å²) < 4.78 is 12.4. The lowest BCUT2D eigenvalue weighted by molar-refractivity contribution is -0.136. The molecule has 41 heavy (non-hydrogen) atoms. The van der Waals surface area contributed by atoms with Crippen LogP contribution in [0.25, 0.3) is 0 Å². The van der Waals surface area contributed by atoms with Crippen LogP contribution >= 0.6 is 0 Å². The van der Waals surface area contributed by atoms with Crippen molar-refractivity contribution in [2.75, 3.05) is 26.2 Å². The molecule has 2 aliphatic rings. The second kappa shape index (κ2) is 13.0. The Morgan fingerprint density at radius 3 is 2.56 bits per heavy atom. The summed E-state index contributed by atoms with van der Waals surface area (Å²) in [6.45, 7) is 5.31. The van der Waals surface area contributed by atoms with Gasteiger partial charge < -0.3 is 24.6 Å². The predicted octanol–water partition coefficient (Wildman–Crippen LogP) is 3.48. The Balaban J connectivity index is 1.38. The van der Waals surface area contributed by atoms with Crippen molar-refractivity contribution >= 4 is 17.7 Å². The van der Waals surface area contributed by atoms with E-state index in [4.69, 9.17) is 9.47 Å². The van der Waals surface area contributed by atoms with Crippen molar-refractivity contribution in [3.8, 4) is 11.5 Å². The van der Waals surface area contributed by atoms with Gasteiger partial charge in [0.15, 0.2) is 0 Å². The second-order valence-electron chi connectivity index (χ2n) is 10.6. The summed E-state index contributed by atoms with van der Waals surface area (Å²) in [6, 6.07) is 16.4. The van der Waals surface area contributed by atoms with E-state index >= 15 is 0 Å². The van der Waals surface area contributed by atoms with E-state index in [1.165, 1.54) is 4.90 Å². The first-order valence-electron chi connectivity index (χ1n) is 14.3. The number of aryl methyl sites for hydroxylation is 1. The Hall–Kier alpha value is -4.18. The molecule has 0 unspecified atom stereocenters. The standard InChI is InChI=1S/C31H37N5O5/c1-3-7-23-17-26(34-33-23)31(39)36-13-12-28-27(18-36)32-29(37)19-35(4-2)30(38)16-21-8-5-10-24(14-21)41-25-11-6-9-22(15-25)20-40-28/h5-6,8-11,14-15,17,27-28H,3-4,7,12-13,16,18-20H2,1-2H3,(H,32,37)(H,33,34)/t27-,28-/m0/s1. The summed E-state index contributed by atoms with van der Waals surface area (Å²) in [5, 5.41) is 10.2. The topological polar surface area (TPSA) is 117 Å². The third-order valence-corrected chi connectivity index (χ3v) is 7.47. The second-order valence-corrected chi connectivity index (χ2v) is 10.6. The first-order valence-corrected chi connectivity index (χ1v) is 14.3. The zero-order valence-electron chi connectivity index (χ0n) is 23.6. The number of benzene rings is 2. The van der Waals surface area contributed by atoms with Crippen molar-refractivity contribution < 1.29 is 23.9 Å². The number of aromatic amines is 1. The SMILES string of the molecule is CCCc1cc(C(=O)N2CC[C@@H]3OCc4cccc(c4)Oc4cccc(c4)CC(=O)N(CC)CC(=O)N[C@H]3C2)n[nH]1. The largest absolute Gasteiger partial charge is 0.457 e. The van der Waals surface area contributed by atoms with Crippen molar-refractivity contribution in [2.45, 2.75) is 58.3 Å². The molecule has 1 fully saturated rings. The Kier molecular flexibility index (Phi) is 8.98. The zero-order chi connectivity index (χ0) is 28.8. The molecule has 10 heteroatoms. The number of carbonyl (C=O) groups excluding carboxylic acids is 3. The molecule has 1 saturated heterocycles. The van der Waals surface area contributed by atoms with Crippen LogP contribution in [-0.4, -0.2) is 76.0 Å². The maximum absolute atomic E-state index is 13.3. The van der Waals surface area contributed by atoms with Crippen LogP contribution in [-0.2, 0) is 33.8 Å². The minimum absolute atomic E-state index is 0.0801. The number of hydrogen-bond acceptors (Lipinski definition) is 6. The molecular weight excluding hydrogens is 522 g/mol. The lowest BCUT2D eigenvalue weighted by Crippen LogP contribution is -2.58. The molecule has 0 aliphatic carbocycles. The number of rotatable bonds is 4. The van der Waals surface area contributed by atoms with Crippen LogP contribution in [0.5, 0.6) is 11.5 Å². The maximum atomic E-state index is 13.3. The van der Waals surface area contributed by atoms with Gasteiger partial charge in [-0.3, -0.25) is 19.5 Å². The average Bonchev–Trinajstić information content (AvgIpc) is 3.43. The van der Waals surface area contributed by atoms with Gasteiger partial charge >= 0.3 is 0 Å². The van der Waals surface area contributed by atoms with Crippen LogP contribution in [0.1, 0.15) is 54.0 Å². The molecule has 2 aromatic carbocycles.